The Hall–Kier alpha value is -2.46. The fraction of sp³-hybridized carbons (Fsp3) is 0.300. The molecule has 24 heavy (non-hydrogen) atoms. The molecule has 2 aromatic rings. The van der Waals surface area contributed by atoms with Crippen LogP contribution in [0.25, 0.3) is 0 Å². The number of nitrogens with one attached hydrogen (secondary N) is 2. The van der Waals surface area contributed by atoms with Gasteiger partial charge in [-0.05, 0) is 38.1 Å². The normalized spacial score (nSPS) is 16.0. The van der Waals surface area contributed by atoms with E-state index in [0.717, 1.165) is 61.5 Å². The topological polar surface area (TPSA) is 48.8 Å². The summed E-state index contributed by atoms with van der Waals surface area (Å²) >= 11 is 0. The first-order valence-electron chi connectivity index (χ1n) is 8.59. The van der Waals surface area contributed by atoms with Crippen molar-refractivity contribution >= 4 is 23.8 Å². The molecule has 1 heterocycles. The van der Waals surface area contributed by atoms with Crippen LogP contribution in [-0.2, 0) is 0 Å². The molecule has 0 unspecified atom stereocenters. The smallest absolute Gasteiger partial charge is 0.0473 e. The Morgan fingerprint density at radius 2 is 1.17 bits per heavy atom. The summed E-state index contributed by atoms with van der Waals surface area (Å²) < 4.78 is 0. The molecule has 1 aliphatic heterocycles. The van der Waals surface area contributed by atoms with Crippen molar-refractivity contribution in [1.82, 2.24) is 5.32 Å². The van der Waals surface area contributed by atoms with Gasteiger partial charge in [-0.3, -0.25) is 9.98 Å². The maximum absolute atomic E-state index is 4.57. The van der Waals surface area contributed by atoms with Gasteiger partial charge in [-0.2, -0.15) is 0 Å². The van der Waals surface area contributed by atoms with Crippen molar-refractivity contribution in [3.8, 4) is 0 Å². The summed E-state index contributed by atoms with van der Waals surface area (Å²) in [6.45, 7) is 3.69. The van der Waals surface area contributed by atoms with Crippen molar-refractivity contribution in [1.29, 1.82) is 0 Å². The van der Waals surface area contributed by atoms with E-state index in [-0.39, 0.29) is 0 Å². The summed E-state index contributed by atoms with van der Waals surface area (Å²) in [7, 11) is 0. The summed E-state index contributed by atoms with van der Waals surface area (Å²) in [5, 5.41) is 6.97. The lowest BCUT2D eigenvalue weighted by Gasteiger charge is -2.12. The third-order valence-corrected chi connectivity index (χ3v) is 3.93. The Kier molecular flexibility index (Phi) is 6.14. The zero-order valence-electron chi connectivity index (χ0n) is 13.9. The largest absolute Gasteiger partial charge is 0.354 e. The number of anilines is 2. The van der Waals surface area contributed by atoms with Crippen LogP contribution in [-0.4, -0.2) is 38.6 Å². The minimum atomic E-state index is 0.843. The van der Waals surface area contributed by atoms with Crippen molar-refractivity contribution in [3.05, 3.63) is 59.7 Å². The second kappa shape index (κ2) is 8.99. The monoisotopic (exact) mass is 320 g/mol. The highest BCUT2D eigenvalue weighted by atomic mass is 14.9. The molecule has 2 N–H and O–H groups in total. The lowest BCUT2D eigenvalue weighted by Crippen LogP contribution is -2.18. The summed E-state index contributed by atoms with van der Waals surface area (Å²) in [5.41, 5.74) is 4.33. The Bertz CT molecular complexity index is 647. The molecule has 4 nitrogen and oxygen atoms in total. The summed E-state index contributed by atoms with van der Waals surface area (Å²) in [4.78, 5) is 9.13. The third kappa shape index (κ3) is 4.77. The molecule has 0 radical (unpaired) electrons. The fourth-order valence-corrected chi connectivity index (χ4v) is 2.63. The van der Waals surface area contributed by atoms with Gasteiger partial charge >= 0.3 is 0 Å². The van der Waals surface area contributed by atoms with E-state index in [1.165, 1.54) is 0 Å². The number of nitrogens with zero attached hydrogens (tertiary/aromatic N) is 2. The summed E-state index contributed by atoms with van der Waals surface area (Å²) in [5.74, 6) is 0. The van der Waals surface area contributed by atoms with E-state index in [1.54, 1.807) is 0 Å². The Labute approximate surface area is 143 Å². The molecular formula is C20H24N4. The molecule has 2 aromatic carbocycles. The zero-order chi connectivity index (χ0) is 16.5. The summed E-state index contributed by atoms with van der Waals surface area (Å²) in [6, 6.07) is 16.5. The molecule has 0 atom stereocenters. The van der Waals surface area contributed by atoms with Gasteiger partial charge in [0.2, 0.25) is 0 Å². The van der Waals surface area contributed by atoms with E-state index < -0.39 is 0 Å². The molecule has 0 aromatic heterocycles. The standard InChI is InChI=1S/C20H24N4/c1-3-9-19-17(7-1)15-22-13-5-11-21-12-6-14-23-16-18-8-2-4-10-20(18)24-19/h1-4,7-10,15-16,21,24H,5-6,11-14H2. The predicted molar refractivity (Wildman–Crippen MR) is 103 cm³/mol. The molecule has 0 amide bonds. The van der Waals surface area contributed by atoms with E-state index in [1.807, 2.05) is 36.7 Å². The van der Waals surface area contributed by atoms with Crippen LogP contribution in [0.2, 0.25) is 0 Å². The van der Waals surface area contributed by atoms with E-state index in [0.29, 0.717) is 0 Å². The van der Waals surface area contributed by atoms with Gasteiger partial charge in [0.15, 0.2) is 0 Å². The Morgan fingerprint density at radius 1 is 0.667 bits per heavy atom. The number of hydrogen-bond donors (Lipinski definition) is 2. The van der Waals surface area contributed by atoms with Gasteiger partial charge in [0.25, 0.3) is 0 Å². The first-order chi connectivity index (χ1) is 11.9. The number of para-hydroxylation sites is 2. The van der Waals surface area contributed by atoms with Crippen molar-refractivity contribution in [3.63, 3.8) is 0 Å². The molecule has 4 heteroatoms. The van der Waals surface area contributed by atoms with Crippen LogP contribution in [0.5, 0.6) is 0 Å². The number of aliphatic imine (C=N–C) groups is 2. The van der Waals surface area contributed by atoms with Crippen molar-refractivity contribution in [2.75, 3.05) is 31.5 Å². The zero-order valence-corrected chi connectivity index (χ0v) is 13.9. The van der Waals surface area contributed by atoms with Gasteiger partial charge in [-0.25, -0.2) is 0 Å². The quantitative estimate of drug-likeness (QED) is 0.778. The van der Waals surface area contributed by atoms with E-state index in [4.69, 9.17) is 0 Å². The van der Waals surface area contributed by atoms with Gasteiger partial charge < -0.3 is 10.6 Å². The van der Waals surface area contributed by atoms with Crippen LogP contribution < -0.4 is 10.6 Å². The number of rotatable bonds is 0. The van der Waals surface area contributed by atoms with E-state index in [2.05, 4.69) is 44.9 Å². The maximum Gasteiger partial charge on any atom is 0.0473 e. The van der Waals surface area contributed by atoms with Crippen molar-refractivity contribution in [2.45, 2.75) is 12.8 Å². The van der Waals surface area contributed by atoms with Crippen LogP contribution in [0.1, 0.15) is 24.0 Å². The number of benzene rings is 2. The molecule has 0 aliphatic carbocycles. The highest BCUT2D eigenvalue weighted by Gasteiger charge is 2.03. The van der Waals surface area contributed by atoms with Gasteiger partial charge in [0.1, 0.15) is 0 Å². The summed E-state index contributed by atoms with van der Waals surface area (Å²) in [6.07, 6.45) is 6.03. The lowest BCUT2D eigenvalue weighted by molar-refractivity contribution is 0.633. The maximum atomic E-state index is 4.57. The molecular weight excluding hydrogens is 296 g/mol. The van der Waals surface area contributed by atoms with Crippen LogP contribution in [0.4, 0.5) is 11.4 Å². The van der Waals surface area contributed by atoms with Gasteiger partial charge in [-0.15, -0.1) is 0 Å². The average Bonchev–Trinajstić information content (AvgIpc) is 2.61. The highest BCUT2D eigenvalue weighted by molar-refractivity contribution is 5.93. The van der Waals surface area contributed by atoms with Gasteiger partial charge in [0, 0.05) is 48.0 Å². The first kappa shape index (κ1) is 16.4. The van der Waals surface area contributed by atoms with Crippen molar-refractivity contribution in [2.24, 2.45) is 9.98 Å². The molecule has 0 bridgehead atoms. The van der Waals surface area contributed by atoms with E-state index >= 15 is 0 Å². The van der Waals surface area contributed by atoms with Gasteiger partial charge in [0.05, 0.1) is 0 Å². The SMILES string of the molecule is C1=NCCCNCCCN=Cc2ccccc2Nc2ccccc21. The minimum Gasteiger partial charge on any atom is -0.354 e. The predicted octanol–water partition coefficient (Wildman–Crippen LogP) is 3.65. The Balaban J connectivity index is 1.88. The van der Waals surface area contributed by atoms with Crippen LogP contribution in [0.3, 0.4) is 0 Å². The average molecular weight is 320 g/mol. The molecule has 124 valence electrons. The minimum absolute atomic E-state index is 0.843. The Morgan fingerprint density at radius 3 is 1.71 bits per heavy atom. The second-order valence-electron chi connectivity index (χ2n) is 5.83. The van der Waals surface area contributed by atoms with Gasteiger partial charge in [-0.1, -0.05) is 36.4 Å². The second-order valence-corrected chi connectivity index (χ2v) is 5.83. The van der Waals surface area contributed by atoms with E-state index in [9.17, 15) is 0 Å². The third-order valence-electron chi connectivity index (χ3n) is 3.93. The first-order valence-corrected chi connectivity index (χ1v) is 8.59. The highest BCUT2D eigenvalue weighted by Crippen LogP contribution is 2.22. The molecule has 0 fully saturated rings. The number of fused-ring (bicyclic) bond motifs is 2. The van der Waals surface area contributed by atoms with Crippen molar-refractivity contribution < 1.29 is 0 Å². The van der Waals surface area contributed by atoms with Crippen LogP contribution >= 0.6 is 0 Å². The molecule has 0 saturated heterocycles. The number of hydrogen-bond acceptors (Lipinski definition) is 4. The molecule has 0 spiro atoms. The fourth-order valence-electron chi connectivity index (χ4n) is 2.63. The van der Waals surface area contributed by atoms with Crippen LogP contribution in [0.15, 0.2) is 58.5 Å². The molecule has 0 saturated carbocycles. The lowest BCUT2D eigenvalue weighted by atomic mass is 10.1. The molecule has 1 aliphatic rings. The molecule has 3 rings (SSSR count). The van der Waals surface area contributed by atoms with Crippen LogP contribution in [0, 0.1) is 0 Å².